The van der Waals surface area contributed by atoms with E-state index < -0.39 is 0 Å². The number of carbonyl (C=O) groups is 2. The van der Waals surface area contributed by atoms with Crippen LogP contribution in [0.3, 0.4) is 0 Å². The Labute approximate surface area is 178 Å². The number of amides is 2. The molecular weight excluding hydrogens is 382 g/mol. The molecule has 2 aliphatic heterocycles. The molecule has 158 valence electrons. The third-order valence-corrected chi connectivity index (χ3v) is 7.59. The van der Waals surface area contributed by atoms with Crippen LogP contribution in [0.15, 0.2) is 24.3 Å². The summed E-state index contributed by atoms with van der Waals surface area (Å²) in [7, 11) is 0. The second-order valence-corrected chi connectivity index (χ2v) is 10.3. The number of piperazine rings is 1. The summed E-state index contributed by atoms with van der Waals surface area (Å²) in [6.45, 7) is 9.69. The third kappa shape index (κ3) is 4.42. The Morgan fingerprint density at radius 1 is 1.07 bits per heavy atom. The molecule has 0 radical (unpaired) electrons. The van der Waals surface area contributed by atoms with E-state index in [1.165, 1.54) is 11.3 Å². The molecule has 2 atom stereocenters. The van der Waals surface area contributed by atoms with Crippen LogP contribution in [-0.4, -0.2) is 65.0 Å². The summed E-state index contributed by atoms with van der Waals surface area (Å²) >= 11 is 1.80. The zero-order chi connectivity index (χ0) is 20.5. The normalized spacial score (nSPS) is 25.0. The molecule has 6 heteroatoms. The van der Waals surface area contributed by atoms with Crippen molar-refractivity contribution in [3.8, 4) is 0 Å². The Balaban J connectivity index is 1.42. The lowest BCUT2D eigenvalue weighted by atomic mass is 10.1. The minimum absolute atomic E-state index is 0.155. The van der Waals surface area contributed by atoms with E-state index >= 15 is 0 Å². The zero-order valence-corrected chi connectivity index (χ0v) is 18.7. The smallest absolute Gasteiger partial charge is 0.246 e. The van der Waals surface area contributed by atoms with Gasteiger partial charge in [0.15, 0.2) is 0 Å². The van der Waals surface area contributed by atoms with Gasteiger partial charge in [0.1, 0.15) is 6.04 Å². The van der Waals surface area contributed by atoms with Crippen LogP contribution in [0.1, 0.15) is 38.7 Å². The first-order valence-corrected chi connectivity index (χ1v) is 12.0. The van der Waals surface area contributed by atoms with Gasteiger partial charge < -0.3 is 14.7 Å². The van der Waals surface area contributed by atoms with E-state index in [1.54, 1.807) is 11.8 Å². The molecule has 0 N–H and O–H groups in total. The van der Waals surface area contributed by atoms with Gasteiger partial charge in [0.2, 0.25) is 11.8 Å². The van der Waals surface area contributed by atoms with Crippen LogP contribution in [0.2, 0.25) is 0 Å². The first-order valence-electron chi connectivity index (χ1n) is 11.0. The molecule has 0 aromatic heterocycles. The van der Waals surface area contributed by atoms with E-state index in [-0.39, 0.29) is 29.1 Å². The molecule has 4 rings (SSSR count). The first kappa shape index (κ1) is 20.6. The Bertz CT molecular complexity index is 756. The van der Waals surface area contributed by atoms with Crippen molar-refractivity contribution in [2.75, 3.05) is 36.8 Å². The van der Waals surface area contributed by atoms with Gasteiger partial charge >= 0.3 is 0 Å². The van der Waals surface area contributed by atoms with E-state index in [9.17, 15) is 9.59 Å². The maximum Gasteiger partial charge on any atom is 0.246 e. The van der Waals surface area contributed by atoms with Crippen molar-refractivity contribution < 1.29 is 9.59 Å². The lowest BCUT2D eigenvalue weighted by molar-refractivity contribution is -0.146. The van der Waals surface area contributed by atoms with E-state index in [4.69, 9.17) is 0 Å². The highest BCUT2D eigenvalue weighted by atomic mass is 32.2. The number of nitrogens with zero attached hydrogens (tertiary/aromatic N) is 3. The molecule has 29 heavy (non-hydrogen) atoms. The molecule has 1 saturated carbocycles. The lowest BCUT2D eigenvalue weighted by Gasteiger charge is -2.39. The molecule has 0 bridgehead atoms. The second kappa shape index (κ2) is 8.58. The van der Waals surface area contributed by atoms with Gasteiger partial charge in [-0.05, 0) is 43.7 Å². The molecule has 1 aromatic rings. The van der Waals surface area contributed by atoms with Crippen molar-refractivity contribution in [3.05, 3.63) is 29.8 Å². The minimum atomic E-state index is -0.276. The van der Waals surface area contributed by atoms with Gasteiger partial charge in [0, 0.05) is 43.5 Å². The topological polar surface area (TPSA) is 43.9 Å². The van der Waals surface area contributed by atoms with Crippen molar-refractivity contribution in [2.45, 2.75) is 51.4 Å². The fourth-order valence-corrected chi connectivity index (χ4v) is 6.11. The molecule has 2 amide bonds. The van der Waals surface area contributed by atoms with Crippen molar-refractivity contribution in [2.24, 2.45) is 11.8 Å². The highest BCUT2D eigenvalue weighted by Crippen LogP contribution is 2.40. The quantitative estimate of drug-likeness (QED) is 0.740. The summed E-state index contributed by atoms with van der Waals surface area (Å²) in [6.07, 6.45) is 2.95. The lowest BCUT2D eigenvalue weighted by Crippen LogP contribution is -2.56. The van der Waals surface area contributed by atoms with Gasteiger partial charge in [-0.2, -0.15) is 0 Å². The summed E-state index contributed by atoms with van der Waals surface area (Å²) in [5.74, 6) is 1.80. The van der Waals surface area contributed by atoms with Gasteiger partial charge in [-0.15, -0.1) is 11.8 Å². The third-order valence-electron chi connectivity index (χ3n) is 6.28. The molecule has 1 aromatic carbocycles. The van der Waals surface area contributed by atoms with Crippen molar-refractivity contribution in [3.63, 3.8) is 0 Å². The summed E-state index contributed by atoms with van der Waals surface area (Å²) in [6, 6.07) is 8.16. The van der Waals surface area contributed by atoms with Gasteiger partial charge in [-0.25, -0.2) is 0 Å². The Morgan fingerprint density at radius 2 is 1.76 bits per heavy atom. The average molecular weight is 416 g/mol. The van der Waals surface area contributed by atoms with Gasteiger partial charge in [-0.3, -0.25) is 9.59 Å². The van der Waals surface area contributed by atoms with Crippen LogP contribution in [-0.2, 0) is 9.59 Å². The predicted octanol–water partition coefficient (Wildman–Crippen LogP) is 3.37. The van der Waals surface area contributed by atoms with Gasteiger partial charge in [0.05, 0.1) is 5.37 Å². The maximum atomic E-state index is 13.4. The number of hydrogen-bond donors (Lipinski definition) is 0. The molecule has 2 saturated heterocycles. The number of rotatable bonds is 5. The predicted molar refractivity (Wildman–Crippen MR) is 119 cm³/mol. The largest absolute Gasteiger partial charge is 0.368 e. The van der Waals surface area contributed by atoms with Gasteiger partial charge in [0.25, 0.3) is 0 Å². The minimum Gasteiger partial charge on any atom is -0.368 e. The van der Waals surface area contributed by atoms with Gasteiger partial charge in [-0.1, -0.05) is 32.0 Å². The highest BCUT2D eigenvalue weighted by Gasteiger charge is 2.47. The Morgan fingerprint density at radius 3 is 2.38 bits per heavy atom. The van der Waals surface area contributed by atoms with Crippen LogP contribution < -0.4 is 4.90 Å². The number of thioether (sulfide) groups is 1. The molecule has 0 spiro atoms. The number of hydrogen-bond acceptors (Lipinski definition) is 4. The molecule has 5 nitrogen and oxygen atoms in total. The second-order valence-electron chi connectivity index (χ2n) is 9.05. The van der Waals surface area contributed by atoms with Crippen LogP contribution in [0.4, 0.5) is 5.69 Å². The number of para-hydroxylation sites is 1. The standard InChI is InChI=1S/C23H33N3O2S/c1-16(2)14-21-26(22(27)18-8-9-18)20(15-29-21)23(28)25-12-10-24(11-13-25)19-7-5-4-6-17(19)3/h4-7,16,18,20-21H,8-15H2,1-3H3. The SMILES string of the molecule is Cc1ccccc1N1CCN(C(=O)C2CSC(CC(C)C)N2C(=O)C2CC2)CC1. The molecule has 2 heterocycles. The highest BCUT2D eigenvalue weighted by molar-refractivity contribution is 8.00. The summed E-state index contributed by atoms with van der Waals surface area (Å²) in [5.41, 5.74) is 2.54. The van der Waals surface area contributed by atoms with Crippen LogP contribution in [0.25, 0.3) is 0 Å². The fraction of sp³-hybridized carbons (Fsp3) is 0.652. The van der Waals surface area contributed by atoms with E-state index in [0.29, 0.717) is 5.92 Å². The van der Waals surface area contributed by atoms with Crippen molar-refractivity contribution >= 4 is 29.3 Å². The first-order chi connectivity index (χ1) is 14.0. The van der Waals surface area contributed by atoms with E-state index in [0.717, 1.165) is 51.2 Å². The molecule has 1 aliphatic carbocycles. The number of carbonyl (C=O) groups excluding carboxylic acids is 2. The number of aryl methyl sites for hydroxylation is 1. The summed E-state index contributed by atoms with van der Waals surface area (Å²) in [4.78, 5) is 32.7. The number of benzene rings is 1. The zero-order valence-electron chi connectivity index (χ0n) is 17.8. The van der Waals surface area contributed by atoms with E-state index in [1.807, 2.05) is 9.80 Å². The number of anilines is 1. The molecule has 3 fully saturated rings. The molecule has 3 aliphatic rings. The summed E-state index contributed by atoms with van der Waals surface area (Å²) in [5, 5.41) is 0.158. The van der Waals surface area contributed by atoms with Crippen LogP contribution >= 0.6 is 11.8 Å². The molecule has 2 unspecified atom stereocenters. The monoisotopic (exact) mass is 415 g/mol. The Kier molecular flexibility index (Phi) is 6.09. The summed E-state index contributed by atoms with van der Waals surface area (Å²) < 4.78 is 0. The average Bonchev–Trinajstić information content (AvgIpc) is 3.48. The van der Waals surface area contributed by atoms with Crippen LogP contribution in [0.5, 0.6) is 0 Å². The fourth-order valence-electron chi connectivity index (χ4n) is 4.47. The molecular formula is C23H33N3O2S. The van der Waals surface area contributed by atoms with Crippen molar-refractivity contribution in [1.29, 1.82) is 0 Å². The van der Waals surface area contributed by atoms with Crippen molar-refractivity contribution in [1.82, 2.24) is 9.80 Å². The van der Waals surface area contributed by atoms with Crippen LogP contribution in [0, 0.1) is 18.8 Å². The Hall–Kier alpha value is -1.69. The van der Waals surface area contributed by atoms with E-state index in [2.05, 4.69) is 49.9 Å². The maximum absolute atomic E-state index is 13.4.